The predicted octanol–water partition coefficient (Wildman–Crippen LogP) is 4.63. The highest BCUT2D eigenvalue weighted by Gasteiger charge is 2.72. The third kappa shape index (κ3) is 3.88. The maximum atomic E-state index is 13.7. The second kappa shape index (κ2) is 11.1. The van der Waals surface area contributed by atoms with Crippen molar-refractivity contribution in [2.24, 2.45) is 16.7 Å². The van der Waals surface area contributed by atoms with Gasteiger partial charge in [0.25, 0.3) is 0 Å². The molecule has 2 aromatic carbocycles. The topological polar surface area (TPSA) is 113 Å². The summed E-state index contributed by atoms with van der Waals surface area (Å²) >= 11 is 0. The number of ether oxygens (including phenoxy) is 3. The molecule has 0 aromatic heterocycles. The highest BCUT2D eigenvalue weighted by Crippen LogP contribution is 2.69. The molecule has 8 unspecified atom stereocenters. The van der Waals surface area contributed by atoms with E-state index in [4.69, 9.17) is 14.2 Å². The van der Waals surface area contributed by atoms with Gasteiger partial charge in [0, 0.05) is 84.4 Å². The monoisotopic (exact) mass is 716 g/mol. The van der Waals surface area contributed by atoms with Gasteiger partial charge in [-0.1, -0.05) is 48.0 Å². The van der Waals surface area contributed by atoms with Crippen LogP contribution in [0, 0.1) is 16.7 Å². The zero-order valence-corrected chi connectivity index (χ0v) is 30.6. The Kier molecular flexibility index (Phi) is 6.78. The Labute approximate surface area is 310 Å². The van der Waals surface area contributed by atoms with Gasteiger partial charge in [0.15, 0.2) is 0 Å². The summed E-state index contributed by atoms with van der Waals surface area (Å²) in [4.78, 5) is 32.8. The summed E-state index contributed by atoms with van der Waals surface area (Å²) in [5.74, 6) is -0.281. The number of para-hydroxylation sites is 2. The number of anilines is 2. The first-order chi connectivity index (χ1) is 25.8. The molecule has 7 aliphatic heterocycles. The molecule has 10 nitrogen and oxygen atoms in total. The standard InChI is InChI=1S/C43H48N4O6/c1-51-36(49)27-21-40(13-17-48)20-25(23-46-15-11-42(38(40)46)29-7-3-5-9-31(29)44-33(27)42)19-26-24-47-16-12-43-30-8-4-6-10-32(30)45-34(43)28(37(50)52-2)22-41(39(43)47)14-18-53-35(26)41/h3-10,20,26,35,38-39,44-45,48H,11-19,21-24H2,1-2H3. The van der Waals surface area contributed by atoms with Crippen molar-refractivity contribution >= 4 is 23.3 Å². The van der Waals surface area contributed by atoms with Gasteiger partial charge in [-0.05, 0) is 74.8 Å². The highest BCUT2D eigenvalue weighted by molar-refractivity contribution is 5.94. The van der Waals surface area contributed by atoms with Crippen LogP contribution in [0.5, 0.6) is 0 Å². The van der Waals surface area contributed by atoms with Crippen LogP contribution in [-0.2, 0) is 34.6 Å². The van der Waals surface area contributed by atoms with Crippen molar-refractivity contribution in [1.29, 1.82) is 0 Å². The molecule has 4 fully saturated rings. The van der Waals surface area contributed by atoms with Crippen LogP contribution < -0.4 is 10.6 Å². The van der Waals surface area contributed by atoms with Crippen molar-refractivity contribution in [1.82, 2.24) is 9.80 Å². The maximum absolute atomic E-state index is 13.7. The number of benzene rings is 2. The summed E-state index contributed by atoms with van der Waals surface area (Å²) in [6.45, 7) is 4.41. The normalized spacial score (nSPS) is 38.4. The fourth-order valence-electron chi connectivity index (χ4n) is 14.1. The van der Waals surface area contributed by atoms with Gasteiger partial charge in [0.1, 0.15) is 0 Å². The van der Waals surface area contributed by atoms with Crippen LogP contribution in [0.15, 0.2) is 82.7 Å². The average Bonchev–Trinajstić information content (AvgIpc) is 4.00. The molecule has 9 aliphatic rings. The van der Waals surface area contributed by atoms with Crippen molar-refractivity contribution in [3.63, 3.8) is 0 Å². The minimum absolute atomic E-state index is 0.000535. The van der Waals surface area contributed by atoms with Crippen LogP contribution in [0.1, 0.15) is 56.1 Å². The number of fused-ring (bicyclic) bond motifs is 2. The average molecular weight is 717 g/mol. The molecule has 276 valence electrons. The van der Waals surface area contributed by atoms with Crippen LogP contribution in [0.25, 0.3) is 0 Å². The maximum Gasteiger partial charge on any atom is 0.335 e. The Morgan fingerprint density at radius 2 is 1.47 bits per heavy atom. The number of aliphatic hydroxyl groups excluding tert-OH is 1. The van der Waals surface area contributed by atoms with Crippen LogP contribution in [0.3, 0.4) is 0 Å². The van der Waals surface area contributed by atoms with Crippen molar-refractivity contribution in [2.45, 2.75) is 74.0 Å². The number of piperidine rings is 1. The number of rotatable bonds is 6. The molecule has 3 spiro atoms. The van der Waals surface area contributed by atoms with Gasteiger partial charge in [-0.3, -0.25) is 9.80 Å². The molecule has 0 radical (unpaired) electrons. The van der Waals surface area contributed by atoms with E-state index >= 15 is 0 Å². The smallest absolute Gasteiger partial charge is 0.335 e. The molecule has 0 saturated carbocycles. The molecule has 11 rings (SSSR count). The molecule has 0 amide bonds. The summed E-state index contributed by atoms with van der Waals surface area (Å²) < 4.78 is 17.9. The van der Waals surface area contributed by atoms with Gasteiger partial charge in [-0.2, -0.15) is 0 Å². The SMILES string of the molecule is COC(=O)C1=C2Nc3ccccc3C23CCN2CC(CC4CN5CCC67C(=C(C(=O)OC)CC8(CCOC48)C56)Nc4ccccc47)=CC(CCO)(C1)C23. The van der Waals surface area contributed by atoms with Gasteiger partial charge in [-0.25, -0.2) is 9.59 Å². The quantitative estimate of drug-likeness (QED) is 0.289. The summed E-state index contributed by atoms with van der Waals surface area (Å²) in [7, 11) is 2.98. The van der Waals surface area contributed by atoms with Gasteiger partial charge in [0.2, 0.25) is 0 Å². The van der Waals surface area contributed by atoms with Crippen molar-refractivity contribution < 1.29 is 28.9 Å². The number of nitrogens with zero attached hydrogens (tertiary/aromatic N) is 2. The lowest BCUT2D eigenvalue weighted by atomic mass is 9.51. The second-order valence-corrected chi connectivity index (χ2v) is 17.3. The summed E-state index contributed by atoms with van der Waals surface area (Å²) in [5, 5.41) is 18.2. The van der Waals surface area contributed by atoms with Crippen LogP contribution in [0.2, 0.25) is 0 Å². The Morgan fingerprint density at radius 3 is 2.13 bits per heavy atom. The molecule has 2 aromatic rings. The lowest BCUT2D eigenvalue weighted by molar-refractivity contribution is -0.139. The van der Waals surface area contributed by atoms with E-state index in [0.29, 0.717) is 31.4 Å². The number of aliphatic hydroxyl groups is 1. The van der Waals surface area contributed by atoms with Gasteiger partial charge < -0.3 is 30.0 Å². The fraction of sp³-hybridized carbons (Fsp3) is 0.535. The molecule has 4 saturated heterocycles. The van der Waals surface area contributed by atoms with E-state index in [0.717, 1.165) is 80.2 Å². The highest BCUT2D eigenvalue weighted by atomic mass is 16.5. The Bertz CT molecular complexity index is 2080. The number of hydrogen-bond donors (Lipinski definition) is 3. The number of carbonyl (C=O) groups is 2. The van der Waals surface area contributed by atoms with E-state index in [1.165, 1.54) is 30.9 Å². The molecule has 0 bridgehead atoms. The minimum atomic E-state index is -0.437. The molecule has 2 aliphatic carbocycles. The van der Waals surface area contributed by atoms with Crippen LogP contribution >= 0.6 is 0 Å². The lowest BCUT2D eigenvalue weighted by Gasteiger charge is -2.59. The first-order valence-electron chi connectivity index (χ1n) is 19.6. The molecular formula is C43H48N4O6. The fourth-order valence-corrected chi connectivity index (χ4v) is 14.1. The number of hydrogen-bond acceptors (Lipinski definition) is 10. The van der Waals surface area contributed by atoms with Crippen molar-refractivity contribution in [2.75, 3.05) is 64.2 Å². The van der Waals surface area contributed by atoms with Crippen molar-refractivity contribution in [3.8, 4) is 0 Å². The van der Waals surface area contributed by atoms with E-state index in [2.05, 4.69) is 75.0 Å². The Hall–Kier alpha value is -3.96. The third-order valence-electron chi connectivity index (χ3n) is 15.4. The van der Waals surface area contributed by atoms with E-state index in [9.17, 15) is 14.7 Å². The van der Waals surface area contributed by atoms with E-state index < -0.39 is 5.41 Å². The molecule has 3 N–H and O–H groups in total. The number of esters is 2. The summed E-state index contributed by atoms with van der Waals surface area (Å²) in [6.07, 6.45) is 7.89. The minimum Gasteiger partial charge on any atom is -0.466 e. The van der Waals surface area contributed by atoms with E-state index in [1.807, 2.05) is 0 Å². The van der Waals surface area contributed by atoms with E-state index in [-0.39, 0.29) is 58.9 Å². The third-order valence-corrected chi connectivity index (χ3v) is 15.4. The van der Waals surface area contributed by atoms with Crippen LogP contribution in [0.4, 0.5) is 11.4 Å². The lowest BCUT2D eigenvalue weighted by Crippen LogP contribution is -2.66. The molecule has 8 atom stereocenters. The zero-order valence-electron chi connectivity index (χ0n) is 30.6. The predicted molar refractivity (Wildman–Crippen MR) is 198 cm³/mol. The molecule has 53 heavy (non-hydrogen) atoms. The Morgan fingerprint density at radius 1 is 0.849 bits per heavy atom. The number of carbonyl (C=O) groups excluding carboxylic acids is 2. The Balaban J connectivity index is 1.00. The van der Waals surface area contributed by atoms with Gasteiger partial charge >= 0.3 is 11.9 Å². The molecule has 7 heterocycles. The van der Waals surface area contributed by atoms with Gasteiger partial charge in [0.05, 0.1) is 42.3 Å². The second-order valence-electron chi connectivity index (χ2n) is 17.3. The van der Waals surface area contributed by atoms with E-state index in [1.54, 1.807) is 0 Å². The van der Waals surface area contributed by atoms with Crippen molar-refractivity contribution in [3.05, 3.63) is 93.8 Å². The molecule has 10 heteroatoms. The number of methoxy groups -OCH3 is 2. The first-order valence-corrected chi connectivity index (χ1v) is 19.6. The molecular weight excluding hydrogens is 668 g/mol. The van der Waals surface area contributed by atoms with Crippen LogP contribution in [-0.4, -0.2) is 98.6 Å². The largest absolute Gasteiger partial charge is 0.466 e. The zero-order chi connectivity index (χ0) is 35.9. The van der Waals surface area contributed by atoms with Gasteiger partial charge in [-0.15, -0.1) is 0 Å². The summed E-state index contributed by atoms with van der Waals surface area (Å²) in [5.41, 5.74) is 8.34. The number of nitrogens with one attached hydrogen (secondary N) is 2. The summed E-state index contributed by atoms with van der Waals surface area (Å²) in [6, 6.07) is 17.5. The first kappa shape index (κ1) is 32.5.